The van der Waals surface area contributed by atoms with Gasteiger partial charge >= 0.3 is 11.9 Å². The van der Waals surface area contributed by atoms with Crippen molar-refractivity contribution < 1.29 is 29.0 Å². The van der Waals surface area contributed by atoms with Crippen molar-refractivity contribution in [3.63, 3.8) is 0 Å². The number of benzene rings is 1. The molecule has 0 aromatic heterocycles. The van der Waals surface area contributed by atoms with Crippen molar-refractivity contribution >= 4 is 17.7 Å². The Kier molecular flexibility index (Phi) is 18.6. The molecule has 0 fully saturated rings. The van der Waals surface area contributed by atoms with Crippen molar-refractivity contribution in [3.05, 3.63) is 35.4 Å². The summed E-state index contributed by atoms with van der Waals surface area (Å²) in [6.07, 6.45) is 20.0. The van der Waals surface area contributed by atoms with E-state index in [1.54, 1.807) is 12.1 Å². The number of rotatable bonds is 23. The molecule has 1 N–H and O–H groups in total. The SMILES string of the molecule is CCCCCCCCCCCCCCCCCC(=O)COCCOC(=O)c1ccccc1C(=O)O. The van der Waals surface area contributed by atoms with E-state index in [9.17, 15) is 14.4 Å². The van der Waals surface area contributed by atoms with E-state index < -0.39 is 11.9 Å². The Morgan fingerprint density at radius 3 is 1.69 bits per heavy atom. The Balaban J connectivity index is 1.90. The highest BCUT2D eigenvalue weighted by atomic mass is 16.6. The van der Waals surface area contributed by atoms with E-state index in [0.717, 1.165) is 12.8 Å². The first-order valence-corrected chi connectivity index (χ1v) is 13.6. The van der Waals surface area contributed by atoms with Gasteiger partial charge in [-0.1, -0.05) is 109 Å². The predicted octanol–water partition coefficient (Wildman–Crippen LogP) is 7.39. The normalized spacial score (nSPS) is 10.9. The van der Waals surface area contributed by atoms with Crippen LogP contribution in [0.25, 0.3) is 0 Å². The Morgan fingerprint density at radius 1 is 0.686 bits per heavy atom. The van der Waals surface area contributed by atoms with Gasteiger partial charge in [0, 0.05) is 6.42 Å². The van der Waals surface area contributed by atoms with Crippen LogP contribution in [0.1, 0.15) is 130 Å². The highest BCUT2D eigenvalue weighted by molar-refractivity contribution is 6.02. The predicted molar refractivity (Wildman–Crippen MR) is 139 cm³/mol. The van der Waals surface area contributed by atoms with E-state index in [4.69, 9.17) is 14.6 Å². The summed E-state index contributed by atoms with van der Waals surface area (Å²) in [6.45, 7) is 2.35. The third kappa shape index (κ3) is 16.2. The first-order valence-electron chi connectivity index (χ1n) is 13.6. The van der Waals surface area contributed by atoms with Crippen LogP contribution in [0.2, 0.25) is 0 Å². The number of ether oxygens (including phenoxy) is 2. The monoisotopic (exact) mass is 490 g/mol. The lowest BCUT2D eigenvalue weighted by atomic mass is 10.0. The molecule has 0 saturated heterocycles. The first-order chi connectivity index (χ1) is 17.1. The molecule has 6 heteroatoms. The third-order valence-corrected chi connectivity index (χ3v) is 6.16. The van der Waals surface area contributed by atoms with Gasteiger partial charge in [-0.25, -0.2) is 9.59 Å². The summed E-state index contributed by atoms with van der Waals surface area (Å²) in [4.78, 5) is 35.1. The number of aromatic carboxylic acids is 1. The average Bonchev–Trinajstić information content (AvgIpc) is 2.86. The zero-order chi connectivity index (χ0) is 25.6. The van der Waals surface area contributed by atoms with Crippen LogP contribution in [-0.2, 0) is 14.3 Å². The molecule has 0 aliphatic rings. The van der Waals surface area contributed by atoms with Crippen molar-refractivity contribution in [2.24, 2.45) is 0 Å². The van der Waals surface area contributed by atoms with Gasteiger partial charge < -0.3 is 14.6 Å². The number of esters is 1. The highest BCUT2D eigenvalue weighted by Gasteiger charge is 2.16. The van der Waals surface area contributed by atoms with Gasteiger partial charge in [-0.05, 0) is 18.6 Å². The van der Waals surface area contributed by atoms with Gasteiger partial charge in [0.25, 0.3) is 0 Å². The topological polar surface area (TPSA) is 89.9 Å². The first kappa shape index (κ1) is 30.8. The van der Waals surface area contributed by atoms with E-state index in [2.05, 4.69) is 6.92 Å². The van der Waals surface area contributed by atoms with Crippen molar-refractivity contribution in [3.8, 4) is 0 Å². The lowest BCUT2D eigenvalue weighted by molar-refractivity contribution is -0.124. The number of carboxylic acid groups (broad SMARTS) is 1. The quantitative estimate of drug-likeness (QED) is 0.127. The summed E-state index contributed by atoms with van der Waals surface area (Å²) in [5.74, 6) is -1.84. The van der Waals surface area contributed by atoms with Gasteiger partial charge in [-0.15, -0.1) is 0 Å². The number of carbonyl (C=O) groups is 3. The van der Waals surface area contributed by atoms with Crippen molar-refractivity contribution in [1.29, 1.82) is 0 Å². The van der Waals surface area contributed by atoms with Crippen LogP contribution in [0.3, 0.4) is 0 Å². The van der Waals surface area contributed by atoms with E-state index >= 15 is 0 Å². The molecule has 0 heterocycles. The van der Waals surface area contributed by atoms with Gasteiger partial charge in [0.15, 0.2) is 5.78 Å². The molecule has 6 nitrogen and oxygen atoms in total. The van der Waals surface area contributed by atoms with Crippen LogP contribution >= 0.6 is 0 Å². The Morgan fingerprint density at radius 2 is 1.17 bits per heavy atom. The van der Waals surface area contributed by atoms with Crippen LogP contribution in [0.4, 0.5) is 0 Å². The number of carbonyl (C=O) groups excluding carboxylic acids is 2. The summed E-state index contributed by atoms with van der Waals surface area (Å²) < 4.78 is 10.3. The van der Waals surface area contributed by atoms with E-state index in [-0.39, 0.29) is 36.7 Å². The molecule has 0 aliphatic carbocycles. The second-order valence-electron chi connectivity index (χ2n) is 9.28. The fourth-order valence-electron chi connectivity index (χ4n) is 4.07. The maximum Gasteiger partial charge on any atom is 0.339 e. The van der Waals surface area contributed by atoms with Crippen molar-refractivity contribution in [2.45, 2.75) is 110 Å². The molecule has 0 radical (unpaired) electrons. The Hall–Kier alpha value is -2.21. The molecule has 0 amide bonds. The Labute approximate surface area is 211 Å². The molecule has 198 valence electrons. The van der Waals surface area contributed by atoms with Gasteiger partial charge in [-0.2, -0.15) is 0 Å². The standard InChI is InChI=1S/C29H46O6/c1-2-3-4-5-6-7-8-9-10-11-12-13-14-15-16-19-25(30)24-34-22-23-35-29(33)27-21-18-17-20-26(27)28(31)32/h17-18,20-21H,2-16,19,22-24H2,1H3,(H,31,32). The number of carboxylic acids is 1. The minimum Gasteiger partial charge on any atom is -0.478 e. The molecule has 0 atom stereocenters. The summed E-state index contributed by atoms with van der Waals surface area (Å²) in [5.41, 5.74) is -0.0960. The lowest BCUT2D eigenvalue weighted by Gasteiger charge is -2.08. The van der Waals surface area contributed by atoms with Crippen LogP contribution in [-0.4, -0.2) is 42.6 Å². The largest absolute Gasteiger partial charge is 0.478 e. The molecule has 1 aromatic rings. The van der Waals surface area contributed by atoms with Gasteiger partial charge in [0.05, 0.1) is 17.7 Å². The molecule has 0 bridgehead atoms. The molecule has 0 saturated carbocycles. The minimum absolute atomic E-state index is 0.00393. The number of ketones is 1. The minimum atomic E-state index is -1.18. The number of unbranched alkanes of at least 4 members (excludes halogenated alkanes) is 14. The summed E-state index contributed by atoms with van der Waals surface area (Å²) in [5, 5.41) is 9.12. The smallest absolute Gasteiger partial charge is 0.339 e. The Bertz CT molecular complexity index is 715. The summed E-state index contributed by atoms with van der Waals surface area (Å²) in [6, 6.07) is 5.89. The number of Topliss-reactive ketones (excluding diaryl/α,β-unsaturated/α-hetero) is 1. The average molecular weight is 491 g/mol. The van der Waals surface area contributed by atoms with Crippen LogP contribution in [0, 0.1) is 0 Å². The second kappa shape index (κ2) is 21.1. The fourth-order valence-corrected chi connectivity index (χ4v) is 4.07. The van der Waals surface area contributed by atoms with Crippen LogP contribution in [0.5, 0.6) is 0 Å². The van der Waals surface area contributed by atoms with Crippen molar-refractivity contribution in [2.75, 3.05) is 19.8 Å². The molecule has 0 spiro atoms. The highest BCUT2D eigenvalue weighted by Crippen LogP contribution is 2.14. The fraction of sp³-hybridized carbons (Fsp3) is 0.690. The molecule has 0 aliphatic heterocycles. The van der Waals surface area contributed by atoms with Gasteiger partial charge in [0.1, 0.15) is 13.2 Å². The molecule has 0 unspecified atom stereocenters. The van der Waals surface area contributed by atoms with E-state index in [1.165, 1.54) is 95.6 Å². The number of hydrogen-bond donors (Lipinski definition) is 1. The molecular weight excluding hydrogens is 444 g/mol. The van der Waals surface area contributed by atoms with Crippen LogP contribution in [0.15, 0.2) is 24.3 Å². The maximum absolute atomic E-state index is 12.0. The molecule has 1 rings (SSSR count). The summed E-state index contributed by atoms with van der Waals surface area (Å²) in [7, 11) is 0. The zero-order valence-electron chi connectivity index (χ0n) is 21.7. The summed E-state index contributed by atoms with van der Waals surface area (Å²) >= 11 is 0. The maximum atomic E-state index is 12.0. The second-order valence-corrected chi connectivity index (χ2v) is 9.28. The van der Waals surface area contributed by atoms with Gasteiger partial charge in [0.2, 0.25) is 0 Å². The number of hydrogen-bond acceptors (Lipinski definition) is 5. The van der Waals surface area contributed by atoms with Crippen molar-refractivity contribution in [1.82, 2.24) is 0 Å². The zero-order valence-corrected chi connectivity index (χ0v) is 21.7. The molecule has 1 aromatic carbocycles. The van der Waals surface area contributed by atoms with E-state index in [1.807, 2.05) is 0 Å². The van der Waals surface area contributed by atoms with E-state index in [0.29, 0.717) is 6.42 Å². The lowest BCUT2D eigenvalue weighted by Crippen LogP contribution is -2.16. The molecule has 35 heavy (non-hydrogen) atoms. The third-order valence-electron chi connectivity index (χ3n) is 6.16. The molecular formula is C29H46O6. The van der Waals surface area contributed by atoms with Gasteiger partial charge in [-0.3, -0.25) is 4.79 Å². The van der Waals surface area contributed by atoms with Crippen LogP contribution < -0.4 is 0 Å².